The number of ether oxygens (including phenoxy) is 2. The average molecular weight is 642 g/mol. The first kappa shape index (κ1) is 35.3. The predicted molar refractivity (Wildman–Crippen MR) is 184 cm³/mol. The van der Waals surface area contributed by atoms with E-state index in [0.29, 0.717) is 42.7 Å². The standard InChI is InChI=1S/C37H47N5O5/c1-28(2)26-34(40-35(43)30-15-18-33(19-16-30)47-25-22-42-20-23-46-24-21-42)36(44)39-32(17-14-29-10-6-4-7-11-29)27-38-41(3)37(45)31-12-8-5-9-13-31/h4-13,15-16,18-19,27-28,32,34H,14,17,20-26H2,1-3H3,(H,39,44)(H,40,43)/b38-27+/t32-,34-/m0/s1. The Morgan fingerprint density at radius 2 is 1.57 bits per heavy atom. The van der Waals surface area contributed by atoms with Gasteiger partial charge in [0.15, 0.2) is 0 Å². The lowest BCUT2D eigenvalue weighted by molar-refractivity contribution is -0.123. The lowest BCUT2D eigenvalue weighted by Crippen LogP contribution is -2.50. The normalized spacial score (nSPS) is 14.8. The molecule has 250 valence electrons. The molecule has 0 radical (unpaired) electrons. The van der Waals surface area contributed by atoms with E-state index in [-0.39, 0.29) is 23.6 Å². The van der Waals surface area contributed by atoms with E-state index in [1.165, 1.54) is 5.01 Å². The van der Waals surface area contributed by atoms with E-state index in [0.717, 1.165) is 38.4 Å². The van der Waals surface area contributed by atoms with Crippen LogP contribution in [0.25, 0.3) is 0 Å². The van der Waals surface area contributed by atoms with E-state index >= 15 is 0 Å². The Labute approximate surface area is 278 Å². The highest BCUT2D eigenvalue weighted by Gasteiger charge is 2.25. The summed E-state index contributed by atoms with van der Waals surface area (Å²) >= 11 is 0. The molecule has 1 heterocycles. The first-order chi connectivity index (χ1) is 22.8. The highest BCUT2D eigenvalue weighted by atomic mass is 16.5. The minimum Gasteiger partial charge on any atom is -0.492 e. The molecule has 10 nitrogen and oxygen atoms in total. The summed E-state index contributed by atoms with van der Waals surface area (Å²) in [7, 11) is 1.59. The van der Waals surface area contributed by atoms with E-state index in [9.17, 15) is 14.4 Å². The second-order valence-corrected chi connectivity index (χ2v) is 12.1. The number of carbonyl (C=O) groups is 3. The largest absolute Gasteiger partial charge is 0.492 e. The van der Waals surface area contributed by atoms with Crippen LogP contribution < -0.4 is 15.4 Å². The van der Waals surface area contributed by atoms with Crippen LogP contribution in [0.3, 0.4) is 0 Å². The second-order valence-electron chi connectivity index (χ2n) is 12.1. The number of morpholine rings is 1. The first-order valence-corrected chi connectivity index (χ1v) is 16.3. The van der Waals surface area contributed by atoms with Gasteiger partial charge in [-0.25, -0.2) is 5.01 Å². The number of hydrogen-bond donors (Lipinski definition) is 2. The number of rotatable bonds is 16. The van der Waals surface area contributed by atoms with Gasteiger partial charge in [-0.2, -0.15) is 5.10 Å². The fourth-order valence-corrected chi connectivity index (χ4v) is 5.20. The van der Waals surface area contributed by atoms with Crippen molar-refractivity contribution in [2.24, 2.45) is 11.0 Å². The van der Waals surface area contributed by atoms with Gasteiger partial charge in [0.25, 0.3) is 11.8 Å². The molecule has 0 saturated carbocycles. The van der Waals surface area contributed by atoms with Gasteiger partial charge in [0.1, 0.15) is 18.4 Å². The Hall–Kier alpha value is -4.54. The van der Waals surface area contributed by atoms with Crippen LogP contribution in [-0.4, -0.2) is 92.4 Å². The zero-order chi connectivity index (χ0) is 33.4. The maximum Gasteiger partial charge on any atom is 0.273 e. The summed E-state index contributed by atoms with van der Waals surface area (Å²) in [5.74, 6) is -0.0691. The third-order valence-electron chi connectivity index (χ3n) is 7.87. The first-order valence-electron chi connectivity index (χ1n) is 16.3. The van der Waals surface area contributed by atoms with Crippen molar-refractivity contribution in [1.82, 2.24) is 20.5 Å². The quantitative estimate of drug-likeness (QED) is 0.177. The molecule has 47 heavy (non-hydrogen) atoms. The molecule has 2 N–H and O–H groups in total. The Bertz CT molecular complexity index is 1430. The fraction of sp³-hybridized carbons (Fsp3) is 0.405. The van der Waals surface area contributed by atoms with Crippen molar-refractivity contribution in [3.05, 3.63) is 102 Å². The lowest BCUT2D eigenvalue weighted by atomic mass is 10.0. The van der Waals surface area contributed by atoms with Crippen molar-refractivity contribution >= 4 is 23.9 Å². The molecule has 1 aliphatic rings. The van der Waals surface area contributed by atoms with Gasteiger partial charge >= 0.3 is 0 Å². The second kappa shape index (κ2) is 18.6. The Morgan fingerprint density at radius 1 is 0.915 bits per heavy atom. The highest BCUT2D eigenvalue weighted by Crippen LogP contribution is 2.14. The van der Waals surface area contributed by atoms with Crippen LogP contribution in [0, 0.1) is 5.92 Å². The number of nitrogens with one attached hydrogen (secondary N) is 2. The molecular formula is C37H47N5O5. The van der Waals surface area contributed by atoms with E-state index < -0.39 is 12.1 Å². The van der Waals surface area contributed by atoms with E-state index in [2.05, 4.69) is 20.6 Å². The molecule has 0 aromatic heterocycles. The van der Waals surface area contributed by atoms with Crippen molar-refractivity contribution in [1.29, 1.82) is 0 Å². The van der Waals surface area contributed by atoms with E-state index in [1.54, 1.807) is 61.8 Å². The molecule has 4 rings (SSSR count). The SMILES string of the molecule is CC(C)C[C@H](NC(=O)c1ccc(OCCN2CCOCC2)cc1)C(=O)N[C@H](/C=N/N(C)C(=O)c1ccccc1)CCc1ccccc1. The van der Waals surface area contributed by atoms with Crippen molar-refractivity contribution < 1.29 is 23.9 Å². The summed E-state index contributed by atoms with van der Waals surface area (Å²) < 4.78 is 11.3. The van der Waals surface area contributed by atoms with Crippen LogP contribution in [0.15, 0.2) is 90.0 Å². The van der Waals surface area contributed by atoms with Crippen molar-refractivity contribution in [3.8, 4) is 5.75 Å². The van der Waals surface area contributed by atoms with Gasteiger partial charge in [-0.1, -0.05) is 62.4 Å². The van der Waals surface area contributed by atoms with Gasteiger partial charge in [0, 0.05) is 44.0 Å². The zero-order valence-corrected chi connectivity index (χ0v) is 27.6. The van der Waals surface area contributed by atoms with Crippen molar-refractivity contribution in [3.63, 3.8) is 0 Å². The van der Waals surface area contributed by atoms with Gasteiger partial charge in [-0.15, -0.1) is 0 Å². The number of hydrogen-bond acceptors (Lipinski definition) is 7. The van der Waals surface area contributed by atoms with Crippen molar-refractivity contribution in [2.45, 2.75) is 45.2 Å². The lowest BCUT2D eigenvalue weighted by Gasteiger charge is -2.26. The molecule has 3 aromatic carbocycles. The maximum atomic E-state index is 13.7. The molecule has 0 spiro atoms. The molecule has 0 aliphatic carbocycles. The number of aryl methyl sites for hydroxylation is 1. The van der Waals surface area contributed by atoms with Crippen LogP contribution >= 0.6 is 0 Å². The molecule has 3 aromatic rings. The van der Waals surface area contributed by atoms with Gasteiger partial charge in [0.2, 0.25) is 5.91 Å². The molecule has 0 bridgehead atoms. The Balaban J connectivity index is 1.38. The number of benzene rings is 3. The van der Waals surface area contributed by atoms with Crippen LogP contribution in [0.4, 0.5) is 0 Å². The molecule has 3 amide bonds. The third kappa shape index (κ3) is 12.0. The predicted octanol–water partition coefficient (Wildman–Crippen LogP) is 4.42. The monoisotopic (exact) mass is 641 g/mol. The molecule has 1 fully saturated rings. The minimum absolute atomic E-state index is 0.152. The summed E-state index contributed by atoms with van der Waals surface area (Å²) in [6.45, 7) is 8.67. The van der Waals surface area contributed by atoms with Crippen LogP contribution in [0.2, 0.25) is 0 Å². The summed E-state index contributed by atoms with van der Waals surface area (Å²) in [6, 6.07) is 24.6. The summed E-state index contributed by atoms with van der Waals surface area (Å²) in [5.41, 5.74) is 2.08. The number of hydrazone groups is 1. The highest BCUT2D eigenvalue weighted by molar-refractivity contribution is 5.98. The summed E-state index contributed by atoms with van der Waals surface area (Å²) in [6.07, 6.45) is 3.29. The smallest absolute Gasteiger partial charge is 0.273 e. The minimum atomic E-state index is -0.761. The molecule has 1 saturated heterocycles. The Kier molecular flexibility index (Phi) is 14.0. The number of amides is 3. The average Bonchev–Trinajstić information content (AvgIpc) is 3.10. The van der Waals surface area contributed by atoms with Crippen LogP contribution in [-0.2, 0) is 16.0 Å². The molecule has 10 heteroatoms. The molecule has 0 unspecified atom stereocenters. The summed E-state index contributed by atoms with van der Waals surface area (Å²) in [5, 5.41) is 11.7. The molecule has 2 atom stereocenters. The summed E-state index contributed by atoms with van der Waals surface area (Å²) in [4.78, 5) is 42.1. The zero-order valence-electron chi connectivity index (χ0n) is 27.6. The third-order valence-corrected chi connectivity index (χ3v) is 7.87. The van der Waals surface area contributed by atoms with E-state index in [4.69, 9.17) is 9.47 Å². The molecular weight excluding hydrogens is 594 g/mol. The Morgan fingerprint density at radius 3 is 2.23 bits per heavy atom. The van der Waals surface area contributed by atoms with Gasteiger partial charge in [-0.3, -0.25) is 19.3 Å². The number of carbonyl (C=O) groups excluding carboxylic acids is 3. The van der Waals surface area contributed by atoms with Gasteiger partial charge in [-0.05, 0) is 67.1 Å². The van der Waals surface area contributed by atoms with E-state index in [1.807, 2.05) is 50.2 Å². The van der Waals surface area contributed by atoms with Crippen LogP contribution in [0.5, 0.6) is 5.75 Å². The van der Waals surface area contributed by atoms with Gasteiger partial charge < -0.3 is 20.1 Å². The van der Waals surface area contributed by atoms with Gasteiger partial charge in [0.05, 0.1) is 19.3 Å². The van der Waals surface area contributed by atoms with Crippen LogP contribution in [0.1, 0.15) is 53.0 Å². The molecule has 1 aliphatic heterocycles. The fourth-order valence-electron chi connectivity index (χ4n) is 5.20. The maximum absolute atomic E-state index is 13.7. The number of nitrogens with zero attached hydrogens (tertiary/aromatic N) is 3. The van der Waals surface area contributed by atoms with Crippen molar-refractivity contribution in [2.75, 3.05) is 46.5 Å². The topological polar surface area (TPSA) is 113 Å².